The van der Waals surface area contributed by atoms with Crippen molar-refractivity contribution in [1.82, 2.24) is 10.2 Å². The highest BCUT2D eigenvalue weighted by Gasteiger charge is 2.32. The van der Waals surface area contributed by atoms with Crippen LogP contribution in [0.4, 0.5) is 4.79 Å². The monoisotopic (exact) mass is 272 g/mol. The Hall–Kier alpha value is -0.910. The third kappa shape index (κ3) is 3.31. The molecule has 0 aromatic carbocycles. The van der Waals surface area contributed by atoms with Crippen LogP contribution >= 0.6 is 11.8 Å². The summed E-state index contributed by atoms with van der Waals surface area (Å²) in [4.78, 5) is 24.7. The fraction of sp³-hybridized carbons (Fsp3) is 0.833. The van der Waals surface area contributed by atoms with Gasteiger partial charge in [0, 0.05) is 30.1 Å². The molecule has 2 amide bonds. The molecular weight excluding hydrogens is 252 g/mol. The van der Waals surface area contributed by atoms with Crippen molar-refractivity contribution in [2.24, 2.45) is 5.92 Å². The summed E-state index contributed by atoms with van der Waals surface area (Å²) in [5.41, 5.74) is 0. The maximum absolute atomic E-state index is 12.0. The number of urea groups is 1. The first kappa shape index (κ1) is 13.5. The van der Waals surface area contributed by atoms with E-state index in [4.69, 9.17) is 5.11 Å². The zero-order chi connectivity index (χ0) is 13.1. The predicted octanol–water partition coefficient (Wildman–Crippen LogP) is 1.39. The molecule has 2 N–H and O–H groups in total. The smallest absolute Gasteiger partial charge is 0.317 e. The Kier molecular flexibility index (Phi) is 4.37. The fourth-order valence-electron chi connectivity index (χ4n) is 2.61. The molecule has 2 rings (SSSR count). The molecule has 102 valence electrons. The van der Waals surface area contributed by atoms with Crippen molar-refractivity contribution in [3.63, 3.8) is 0 Å². The minimum atomic E-state index is -0.741. The molecule has 3 atom stereocenters. The van der Waals surface area contributed by atoms with E-state index >= 15 is 0 Å². The van der Waals surface area contributed by atoms with Gasteiger partial charge in [0.1, 0.15) is 0 Å². The number of carboxylic acids is 1. The number of carbonyl (C=O) groups excluding carboxylic acids is 1. The molecule has 1 unspecified atom stereocenters. The minimum Gasteiger partial charge on any atom is -0.481 e. The summed E-state index contributed by atoms with van der Waals surface area (Å²) >= 11 is 1.89. The van der Waals surface area contributed by atoms with Gasteiger partial charge in [0.05, 0.1) is 5.92 Å². The van der Waals surface area contributed by atoms with E-state index in [0.29, 0.717) is 18.1 Å². The molecule has 0 radical (unpaired) electrons. The zero-order valence-corrected chi connectivity index (χ0v) is 11.4. The second-order valence-electron chi connectivity index (χ2n) is 5.12. The highest BCUT2D eigenvalue weighted by molar-refractivity contribution is 7.99. The van der Waals surface area contributed by atoms with Crippen LogP contribution in [0.1, 0.15) is 26.2 Å². The average molecular weight is 272 g/mol. The first-order valence-corrected chi connectivity index (χ1v) is 7.51. The van der Waals surface area contributed by atoms with Crippen molar-refractivity contribution in [1.29, 1.82) is 0 Å². The summed E-state index contributed by atoms with van der Waals surface area (Å²) in [6.07, 6.45) is 2.02. The van der Waals surface area contributed by atoms with Crippen LogP contribution in [0, 0.1) is 5.92 Å². The van der Waals surface area contributed by atoms with Gasteiger partial charge in [0.15, 0.2) is 0 Å². The lowest BCUT2D eigenvalue weighted by molar-refractivity contribution is -0.141. The lowest BCUT2D eigenvalue weighted by atomic mass is 10.1. The summed E-state index contributed by atoms with van der Waals surface area (Å²) in [7, 11) is 0. The van der Waals surface area contributed by atoms with Gasteiger partial charge in [-0.1, -0.05) is 6.92 Å². The molecule has 0 aromatic heterocycles. The van der Waals surface area contributed by atoms with E-state index < -0.39 is 5.97 Å². The average Bonchev–Trinajstić information content (AvgIpc) is 2.77. The quantitative estimate of drug-likeness (QED) is 0.797. The van der Waals surface area contributed by atoms with Crippen LogP contribution in [0.2, 0.25) is 0 Å². The van der Waals surface area contributed by atoms with Gasteiger partial charge in [-0.15, -0.1) is 0 Å². The molecule has 6 heteroatoms. The van der Waals surface area contributed by atoms with Crippen LogP contribution < -0.4 is 5.32 Å². The number of aliphatic carboxylic acids is 1. The number of amides is 2. The largest absolute Gasteiger partial charge is 0.481 e. The predicted molar refractivity (Wildman–Crippen MR) is 70.8 cm³/mol. The maximum atomic E-state index is 12.0. The van der Waals surface area contributed by atoms with Crippen LogP contribution in [0.5, 0.6) is 0 Å². The van der Waals surface area contributed by atoms with Crippen molar-refractivity contribution in [2.45, 2.75) is 37.5 Å². The van der Waals surface area contributed by atoms with Gasteiger partial charge in [-0.2, -0.15) is 11.8 Å². The third-order valence-electron chi connectivity index (χ3n) is 3.64. The molecule has 0 spiro atoms. The highest BCUT2D eigenvalue weighted by Crippen LogP contribution is 2.26. The topological polar surface area (TPSA) is 69.6 Å². The standard InChI is InChI=1S/C12H20N2O3S/c1-8-7-14(4-5-18-8)12(17)13-10-3-2-9(6-10)11(15)16/h8-10H,2-7H2,1H3,(H,13,17)(H,15,16)/t8?,9-,10+/m1/s1. The van der Waals surface area contributed by atoms with Crippen LogP contribution in [0.15, 0.2) is 0 Å². The number of nitrogens with one attached hydrogen (secondary N) is 1. The van der Waals surface area contributed by atoms with E-state index in [9.17, 15) is 9.59 Å². The molecule has 1 saturated carbocycles. The van der Waals surface area contributed by atoms with E-state index in [1.807, 2.05) is 16.7 Å². The van der Waals surface area contributed by atoms with Crippen molar-refractivity contribution in [3.8, 4) is 0 Å². The van der Waals surface area contributed by atoms with Gasteiger partial charge in [0.2, 0.25) is 0 Å². The summed E-state index contributed by atoms with van der Waals surface area (Å²) in [5.74, 6) is -0.0438. The Morgan fingerprint density at radius 3 is 2.78 bits per heavy atom. The normalized spacial score (nSPS) is 32.3. The summed E-state index contributed by atoms with van der Waals surface area (Å²) < 4.78 is 0. The molecule has 0 bridgehead atoms. The summed E-state index contributed by atoms with van der Waals surface area (Å²) in [6, 6.07) is 0.00155. The summed E-state index contributed by atoms with van der Waals surface area (Å²) in [6.45, 7) is 3.70. The Balaban J connectivity index is 1.79. The van der Waals surface area contributed by atoms with Crippen LogP contribution in [0.25, 0.3) is 0 Å². The van der Waals surface area contributed by atoms with Gasteiger partial charge in [0.25, 0.3) is 0 Å². The van der Waals surface area contributed by atoms with Crippen molar-refractivity contribution in [2.75, 3.05) is 18.8 Å². The SMILES string of the molecule is CC1CN(C(=O)N[C@H]2CC[C@@H](C(=O)O)C2)CCS1. The number of thioether (sulfide) groups is 1. The number of nitrogens with zero attached hydrogens (tertiary/aromatic N) is 1. The fourth-order valence-corrected chi connectivity index (χ4v) is 3.62. The molecule has 2 aliphatic rings. The van der Waals surface area contributed by atoms with E-state index in [0.717, 1.165) is 25.3 Å². The van der Waals surface area contributed by atoms with Gasteiger partial charge in [-0.25, -0.2) is 4.79 Å². The van der Waals surface area contributed by atoms with Gasteiger partial charge >= 0.3 is 12.0 Å². The Morgan fingerprint density at radius 1 is 1.39 bits per heavy atom. The first-order valence-electron chi connectivity index (χ1n) is 6.46. The highest BCUT2D eigenvalue weighted by atomic mass is 32.2. The van der Waals surface area contributed by atoms with Gasteiger partial charge < -0.3 is 15.3 Å². The van der Waals surface area contributed by atoms with E-state index in [-0.39, 0.29) is 18.0 Å². The van der Waals surface area contributed by atoms with Gasteiger partial charge in [-0.3, -0.25) is 4.79 Å². The second kappa shape index (κ2) is 5.82. The molecule has 1 saturated heterocycles. The molecule has 1 aliphatic carbocycles. The molecule has 1 aliphatic heterocycles. The summed E-state index contributed by atoms with van der Waals surface area (Å²) in [5, 5.41) is 12.4. The minimum absolute atomic E-state index is 0.0295. The third-order valence-corrected chi connectivity index (χ3v) is 4.77. The molecule has 18 heavy (non-hydrogen) atoms. The number of hydrogen-bond donors (Lipinski definition) is 2. The molecule has 0 aromatic rings. The zero-order valence-electron chi connectivity index (χ0n) is 10.6. The molecule has 2 fully saturated rings. The van der Waals surface area contributed by atoms with E-state index in [1.165, 1.54) is 0 Å². The van der Waals surface area contributed by atoms with Crippen LogP contribution in [-0.4, -0.2) is 52.1 Å². The molecule has 5 nitrogen and oxygen atoms in total. The molecular formula is C12H20N2O3S. The van der Waals surface area contributed by atoms with Crippen molar-refractivity contribution in [3.05, 3.63) is 0 Å². The second-order valence-corrected chi connectivity index (χ2v) is 6.67. The van der Waals surface area contributed by atoms with Gasteiger partial charge in [-0.05, 0) is 19.3 Å². The van der Waals surface area contributed by atoms with E-state index in [2.05, 4.69) is 12.2 Å². The Labute approximate surface area is 111 Å². The Bertz CT molecular complexity index is 337. The first-order chi connectivity index (χ1) is 8.56. The lowest BCUT2D eigenvalue weighted by Crippen LogP contribution is -2.49. The number of rotatable bonds is 2. The number of hydrogen-bond acceptors (Lipinski definition) is 3. The van der Waals surface area contributed by atoms with Crippen LogP contribution in [0.3, 0.4) is 0 Å². The van der Waals surface area contributed by atoms with Crippen molar-refractivity contribution < 1.29 is 14.7 Å². The molecule has 1 heterocycles. The van der Waals surface area contributed by atoms with E-state index in [1.54, 1.807) is 0 Å². The maximum Gasteiger partial charge on any atom is 0.317 e. The van der Waals surface area contributed by atoms with Crippen LogP contribution in [-0.2, 0) is 4.79 Å². The number of carbonyl (C=O) groups is 2. The lowest BCUT2D eigenvalue weighted by Gasteiger charge is -2.31. The Morgan fingerprint density at radius 2 is 2.17 bits per heavy atom. The van der Waals surface area contributed by atoms with Crippen molar-refractivity contribution >= 4 is 23.8 Å². The number of carboxylic acid groups (broad SMARTS) is 1.